The lowest BCUT2D eigenvalue weighted by Gasteiger charge is -2.14. The highest BCUT2D eigenvalue weighted by Gasteiger charge is 2.14. The standard InChI is InChI=1S/C23H17Cl2NO4/c24-16-8-10-18(20(25)13-16)22(27)26-21-11-9-17(14-19(21)23(28)29)30-12-4-7-15-5-2-1-3-6-15/h1-11,13-14H,12H2,(H,26,27)(H,28,29)/p-1/b7-4+. The molecule has 0 bridgehead atoms. The van der Waals surface area contributed by atoms with Crippen molar-refractivity contribution in [3.05, 3.63) is 99.5 Å². The van der Waals surface area contributed by atoms with Crippen molar-refractivity contribution in [2.45, 2.75) is 0 Å². The molecule has 30 heavy (non-hydrogen) atoms. The van der Waals surface area contributed by atoms with Crippen LogP contribution in [-0.2, 0) is 0 Å². The molecule has 7 heteroatoms. The molecule has 0 unspecified atom stereocenters. The summed E-state index contributed by atoms with van der Waals surface area (Å²) in [4.78, 5) is 24.0. The Morgan fingerprint density at radius 1 is 0.967 bits per heavy atom. The van der Waals surface area contributed by atoms with Gasteiger partial charge in [0.2, 0.25) is 0 Å². The predicted octanol–water partition coefficient (Wildman–Crippen LogP) is 4.70. The number of halogens is 2. The summed E-state index contributed by atoms with van der Waals surface area (Å²) in [6.45, 7) is 0.244. The number of carboxylic acids is 1. The number of aromatic carboxylic acids is 1. The van der Waals surface area contributed by atoms with E-state index in [0.29, 0.717) is 10.8 Å². The summed E-state index contributed by atoms with van der Waals surface area (Å²) in [6.07, 6.45) is 3.70. The van der Waals surface area contributed by atoms with Gasteiger partial charge in [-0.25, -0.2) is 0 Å². The third-order valence-electron chi connectivity index (χ3n) is 4.09. The monoisotopic (exact) mass is 440 g/mol. The first-order chi connectivity index (χ1) is 14.4. The molecular formula is C23H16Cl2NO4-. The minimum atomic E-state index is -1.45. The summed E-state index contributed by atoms with van der Waals surface area (Å²) < 4.78 is 5.57. The number of carbonyl (C=O) groups excluding carboxylic acids is 2. The maximum Gasteiger partial charge on any atom is 0.257 e. The Labute approximate surface area is 183 Å². The van der Waals surface area contributed by atoms with E-state index in [1.165, 1.54) is 30.3 Å². The largest absolute Gasteiger partial charge is 0.545 e. The van der Waals surface area contributed by atoms with E-state index in [9.17, 15) is 14.7 Å². The maximum atomic E-state index is 12.5. The van der Waals surface area contributed by atoms with Crippen LogP contribution in [0.15, 0.2) is 72.8 Å². The third-order valence-corrected chi connectivity index (χ3v) is 4.64. The van der Waals surface area contributed by atoms with Gasteiger partial charge < -0.3 is 20.0 Å². The molecule has 1 amide bonds. The summed E-state index contributed by atoms with van der Waals surface area (Å²) in [7, 11) is 0. The quantitative estimate of drug-likeness (QED) is 0.577. The van der Waals surface area contributed by atoms with Crippen LogP contribution in [0.3, 0.4) is 0 Å². The van der Waals surface area contributed by atoms with Gasteiger partial charge in [0.05, 0.1) is 22.2 Å². The highest BCUT2D eigenvalue weighted by Crippen LogP contribution is 2.25. The molecule has 3 rings (SSSR count). The van der Waals surface area contributed by atoms with Gasteiger partial charge in [0, 0.05) is 10.6 Å². The lowest BCUT2D eigenvalue weighted by Crippen LogP contribution is -2.25. The predicted molar refractivity (Wildman–Crippen MR) is 116 cm³/mol. The zero-order valence-corrected chi connectivity index (χ0v) is 17.1. The fraction of sp³-hybridized carbons (Fsp3) is 0.0435. The number of anilines is 1. The number of carboxylic acid groups (broad SMARTS) is 1. The topological polar surface area (TPSA) is 78.5 Å². The molecular weight excluding hydrogens is 425 g/mol. The van der Waals surface area contributed by atoms with E-state index in [0.717, 1.165) is 5.56 Å². The Kier molecular flexibility index (Phi) is 7.12. The van der Waals surface area contributed by atoms with Crippen LogP contribution < -0.4 is 15.2 Å². The minimum Gasteiger partial charge on any atom is -0.545 e. The molecule has 0 radical (unpaired) electrons. The molecule has 5 nitrogen and oxygen atoms in total. The van der Waals surface area contributed by atoms with Gasteiger partial charge in [0.25, 0.3) is 5.91 Å². The molecule has 0 aliphatic rings. The second-order valence-electron chi connectivity index (χ2n) is 6.20. The average Bonchev–Trinajstić information content (AvgIpc) is 2.72. The normalized spacial score (nSPS) is 10.7. The molecule has 152 valence electrons. The van der Waals surface area contributed by atoms with Crippen LogP contribution in [0.4, 0.5) is 5.69 Å². The number of nitrogens with one attached hydrogen (secondary N) is 1. The van der Waals surface area contributed by atoms with Gasteiger partial charge in [-0.15, -0.1) is 0 Å². The second kappa shape index (κ2) is 9.96. The van der Waals surface area contributed by atoms with Gasteiger partial charge in [-0.05, 0) is 48.0 Å². The Hall–Kier alpha value is -3.28. The van der Waals surface area contributed by atoms with Crippen molar-refractivity contribution >= 4 is 46.8 Å². The summed E-state index contributed by atoms with van der Waals surface area (Å²) in [5.74, 6) is -1.69. The smallest absolute Gasteiger partial charge is 0.257 e. The van der Waals surface area contributed by atoms with Crippen LogP contribution in [0.2, 0.25) is 10.0 Å². The van der Waals surface area contributed by atoms with Crippen molar-refractivity contribution in [3.8, 4) is 5.75 Å². The first-order valence-electron chi connectivity index (χ1n) is 8.90. The number of hydrogen-bond donors (Lipinski definition) is 1. The fourth-order valence-electron chi connectivity index (χ4n) is 2.65. The molecule has 3 aromatic carbocycles. The molecule has 0 atom stereocenters. The SMILES string of the molecule is O=C(Nc1ccc(OC/C=C/c2ccccc2)cc1C(=O)[O-])c1ccc(Cl)cc1Cl. The van der Waals surface area contributed by atoms with Crippen molar-refractivity contribution in [2.75, 3.05) is 11.9 Å². The lowest BCUT2D eigenvalue weighted by atomic mass is 10.1. The zero-order chi connectivity index (χ0) is 21.5. The van der Waals surface area contributed by atoms with Crippen molar-refractivity contribution < 1.29 is 19.4 Å². The Balaban J connectivity index is 1.71. The van der Waals surface area contributed by atoms with Crippen molar-refractivity contribution in [2.24, 2.45) is 0 Å². The average molecular weight is 441 g/mol. The van der Waals surface area contributed by atoms with Gasteiger partial charge in [-0.2, -0.15) is 0 Å². The molecule has 0 aliphatic carbocycles. The Morgan fingerprint density at radius 2 is 1.73 bits per heavy atom. The molecule has 0 spiro atoms. The highest BCUT2D eigenvalue weighted by molar-refractivity contribution is 6.37. The number of benzene rings is 3. The fourth-order valence-corrected chi connectivity index (χ4v) is 3.14. The van der Waals surface area contributed by atoms with E-state index in [2.05, 4.69) is 5.32 Å². The van der Waals surface area contributed by atoms with E-state index in [1.807, 2.05) is 42.5 Å². The summed E-state index contributed by atoms with van der Waals surface area (Å²) in [5.41, 5.74) is 1.04. The number of hydrogen-bond acceptors (Lipinski definition) is 4. The van der Waals surface area contributed by atoms with E-state index in [1.54, 1.807) is 6.07 Å². The van der Waals surface area contributed by atoms with Gasteiger partial charge >= 0.3 is 0 Å². The number of ether oxygens (including phenoxy) is 1. The van der Waals surface area contributed by atoms with E-state index in [4.69, 9.17) is 27.9 Å². The zero-order valence-electron chi connectivity index (χ0n) is 15.6. The first kappa shape index (κ1) is 21.4. The van der Waals surface area contributed by atoms with Crippen molar-refractivity contribution in [1.29, 1.82) is 0 Å². The minimum absolute atomic E-state index is 0.0678. The third kappa shape index (κ3) is 5.63. The first-order valence-corrected chi connectivity index (χ1v) is 9.66. The highest BCUT2D eigenvalue weighted by atomic mass is 35.5. The number of carbonyl (C=O) groups is 2. The molecule has 3 aromatic rings. The van der Waals surface area contributed by atoms with Gasteiger partial charge in [0.1, 0.15) is 12.4 Å². The van der Waals surface area contributed by atoms with E-state index in [-0.39, 0.29) is 28.4 Å². The molecule has 0 saturated heterocycles. The molecule has 0 fully saturated rings. The van der Waals surface area contributed by atoms with E-state index < -0.39 is 11.9 Å². The van der Waals surface area contributed by atoms with Crippen LogP contribution >= 0.6 is 23.2 Å². The van der Waals surface area contributed by atoms with Gasteiger partial charge in [-0.1, -0.05) is 59.6 Å². The van der Waals surface area contributed by atoms with Crippen molar-refractivity contribution in [3.63, 3.8) is 0 Å². The maximum absolute atomic E-state index is 12.5. The molecule has 1 N–H and O–H groups in total. The molecule has 0 heterocycles. The van der Waals surface area contributed by atoms with Crippen LogP contribution in [0.25, 0.3) is 6.08 Å². The summed E-state index contributed by atoms with van der Waals surface area (Å²) in [6, 6.07) is 18.4. The second-order valence-corrected chi connectivity index (χ2v) is 7.04. The lowest BCUT2D eigenvalue weighted by molar-refractivity contribution is -0.254. The number of amides is 1. The van der Waals surface area contributed by atoms with Crippen LogP contribution in [0.1, 0.15) is 26.3 Å². The Morgan fingerprint density at radius 3 is 2.43 bits per heavy atom. The Bertz CT molecular complexity index is 1100. The van der Waals surface area contributed by atoms with Crippen LogP contribution in [-0.4, -0.2) is 18.5 Å². The van der Waals surface area contributed by atoms with E-state index >= 15 is 0 Å². The molecule has 0 aliphatic heterocycles. The van der Waals surface area contributed by atoms with Crippen molar-refractivity contribution in [1.82, 2.24) is 0 Å². The van der Waals surface area contributed by atoms with Gasteiger partial charge in [0.15, 0.2) is 0 Å². The van der Waals surface area contributed by atoms with Gasteiger partial charge in [-0.3, -0.25) is 4.79 Å². The number of rotatable bonds is 7. The van der Waals surface area contributed by atoms with Crippen LogP contribution in [0, 0.1) is 0 Å². The molecule has 0 saturated carbocycles. The van der Waals surface area contributed by atoms with Crippen LogP contribution in [0.5, 0.6) is 5.75 Å². The summed E-state index contributed by atoms with van der Waals surface area (Å²) >= 11 is 11.9. The summed E-state index contributed by atoms with van der Waals surface area (Å²) in [5, 5.41) is 14.6. The molecule has 0 aromatic heterocycles.